The number of amides is 1. The molecule has 390 valence electrons. The van der Waals surface area contributed by atoms with E-state index >= 15 is 0 Å². The van der Waals surface area contributed by atoms with Crippen LogP contribution < -0.4 is 5.32 Å². The van der Waals surface area contributed by atoms with Crippen molar-refractivity contribution in [3.63, 3.8) is 0 Å². The first kappa shape index (κ1) is 62.9. The lowest BCUT2D eigenvalue weighted by molar-refractivity contribution is -0.302. The third-order valence-electron chi connectivity index (χ3n) is 13.0. The Morgan fingerprint density at radius 3 is 1.40 bits per heavy atom. The summed E-state index contributed by atoms with van der Waals surface area (Å²) in [5.74, 6) is -0.190. The standard InChI is InChI=1S/C58H105NO8/c1-3-5-7-9-11-12-13-14-15-16-17-18-19-20-21-22-23-24-25-26-27-28-29-30-31-32-33-34-35-36-37-38-39-40-42-44-46-48-54(62)59-51(52(61)47-45-43-41-10-8-6-4-2)50-66-58-57(65)56(64)55(63)53(49-60)67-58/h8,10,13-14,16-17,19-20,45,47,51-53,55-58,60-61,63-65H,3-7,9,11-12,15,18,21-44,46,48-50H2,1-2H3,(H,59,62)/b10-8+,14-13-,17-16-,20-19-,47-45+. The molecule has 9 nitrogen and oxygen atoms in total. The first-order valence-electron chi connectivity index (χ1n) is 28.0. The number of ether oxygens (including phenoxy) is 2. The van der Waals surface area contributed by atoms with Gasteiger partial charge in [0.2, 0.25) is 5.91 Å². The van der Waals surface area contributed by atoms with E-state index in [4.69, 9.17) is 9.47 Å². The Morgan fingerprint density at radius 1 is 0.507 bits per heavy atom. The summed E-state index contributed by atoms with van der Waals surface area (Å²) in [4.78, 5) is 12.9. The van der Waals surface area contributed by atoms with Crippen molar-refractivity contribution in [3.8, 4) is 0 Å². The first-order chi connectivity index (χ1) is 32.8. The van der Waals surface area contributed by atoms with Crippen LogP contribution in [0.4, 0.5) is 0 Å². The van der Waals surface area contributed by atoms with Gasteiger partial charge in [-0.2, -0.15) is 0 Å². The minimum Gasteiger partial charge on any atom is -0.394 e. The summed E-state index contributed by atoms with van der Waals surface area (Å²) in [6, 6.07) is -0.818. The minimum atomic E-state index is -1.57. The Morgan fingerprint density at radius 2 is 0.925 bits per heavy atom. The van der Waals surface area contributed by atoms with Crippen LogP contribution >= 0.6 is 0 Å². The number of carbonyl (C=O) groups is 1. The van der Waals surface area contributed by atoms with Crippen LogP contribution in [0.25, 0.3) is 0 Å². The van der Waals surface area contributed by atoms with E-state index in [1.807, 2.05) is 6.08 Å². The van der Waals surface area contributed by atoms with Gasteiger partial charge in [-0.25, -0.2) is 0 Å². The van der Waals surface area contributed by atoms with Gasteiger partial charge in [0.05, 0.1) is 25.4 Å². The van der Waals surface area contributed by atoms with Gasteiger partial charge < -0.3 is 40.3 Å². The molecule has 9 heteroatoms. The molecule has 1 aliphatic heterocycles. The van der Waals surface area contributed by atoms with E-state index < -0.39 is 49.5 Å². The van der Waals surface area contributed by atoms with Crippen LogP contribution in [0, 0.1) is 0 Å². The maximum atomic E-state index is 12.9. The largest absolute Gasteiger partial charge is 0.394 e. The molecule has 0 aliphatic carbocycles. The van der Waals surface area contributed by atoms with E-state index in [9.17, 15) is 30.3 Å². The number of allylic oxidation sites excluding steroid dienone is 9. The number of unbranched alkanes of at least 4 members (excludes halogenated alkanes) is 29. The third-order valence-corrected chi connectivity index (χ3v) is 13.0. The molecule has 0 spiro atoms. The molecule has 1 aliphatic rings. The topological polar surface area (TPSA) is 149 Å². The van der Waals surface area contributed by atoms with Gasteiger partial charge in [-0.15, -0.1) is 0 Å². The highest BCUT2D eigenvalue weighted by Crippen LogP contribution is 2.23. The molecule has 1 rings (SSSR count). The predicted molar refractivity (Wildman–Crippen MR) is 281 cm³/mol. The molecule has 6 N–H and O–H groups in total. The average Bonchev–Trinajstić information content (AvgIpc) is 3.33. The maximum absolute atomic E-state index is 12.9. The summed E-state index contributed by atoms with van der Waals surface area (Å²) in [5, 5.41) is 54.0. The molecule has 0 bridgehead atoms. The fraction of sp³-hybridized carbons (Fsp3) is 0.810. The average molecular weight is 944 g/mol. The normalized spacial score (nSPS) is 20.1. The Bertz CT molecular complexity index is 1230. The van der Waals surface area contributed by atoms with Crippen molar-refractivity contribution in [1.29, 1.82) is 0 Å². The van der Waals surface area contributed by atoms with Crippen molar-refractivity contribution in [1.82, 2.24) is 5.32 Å². The Labute approximate surface area is 411 Å². The van der Waals surface area contributed by atoms with Crippen molar-refractivity contribution in [2.24, 2.45) is 0 Å². The molecule has 0 aromatic carbocycles. The Balaban J connectivity index is 2.00. The highest BCUT2D eigenvalue weighted by molar-refractivity contribution is 5.76. The number of hydrogen-bond donors (Lipinski definition) is 6. The second-order valence-electron chi connectivity index (χ2n) is 19.4. The fourth-order valence-corrected chi connectivity index (χ4v) is 8.60. The van der Waals surface area contributed by atoms with E-state index in [2.05, 4.69) is 67.8 Å². The molecule has 7 atom stereocenters. The van der Waals surface area contributed by atoms with Crippen molar-refractivity contribution in [2.75, 3.05) is 13.2 Å². The van der Waals surface area contributed by atoms with E-state index in [-0.39, 0.29) is 12.5 Å². The molecule has 67 heavy (non-hydrogen) atoms. The summed E-state index contributed by atoms with van der Waals surface area (Å²) in [7, 11) is 0. The van der Waals surface area contributed by atoms with E-state index in [0.29, 0.717) is 6.42 Å². The molecular weight excluding hydrogens is 839 g/mol. The second-order valence-corrected chi connectivity index (χ2v) is 19.4. The van der Waals surface area contributed by atoms with E-state index in [1.165, 1.54) is 167 Å². The quantitative estimate of drug-likeness (QED) is 0.0261. The smallest absolute Gasteiger partial charge is 0.220 e. The summed E-state index contributed by atoms with van der Waals surface area (Å²) in [5.41, 5.74) is 0. The van der Waals surface area contributed by atoms with Crippen LogP contribution in [0.1, 0.15) is 245 Å². The molecular formula is C58H105NO8. The molecule has 1 saturated heterocycles. The van der Waals surface area contributed by atoms with Crippen LogP contribution in [0.5, 0.6) is 0 Å². The summed E-state index contributed by atoms with van der Waals surface area (Å²) in [6.45, 7) is 3.64. The van der Waals surface area contributed by atoms with E-state index in [1.54, 1.807) is 6.08 Å². The monoisotopic (exact) mass is 944 g/mol. The number of carbonyl (C=O) groups excluding carboxylic acids is 1. The van der Waals surface area contributed by atoms with Gasteiger partial charge in [-0.05, 0) is 64.2 Å². The van der Waals surface area contributed by atoms with E-state index in [0.717, 1.165) is 57.8 Å². The summed E-state index contributed by atoms with van der Waals surface area (Å²) >= 11 is 0. The SMILES string of the molecule is CCC/C=C/CC/C=C/C(O)C(COC1OC(CO)C(O)C(O)C1O)NC(=O)CCCCCCCCCCCCCCCCCCCCCCCC/C=C\C/C=C\C/C=C\CCCCCCC. The van der Waals surface area contributed by atoms with Crippen molar-refractivity contribution in [3.05, 3.63) is 60.8 Å². The van der Waals surface area contributed by atoms with Gasteiger partial charge >= 0.3 is 0 Å². The minimum absolute atomic E-state index is 0.190. The molecule has 1 heterocycles. The number of hydrogen-bond acceptors (Lipinski definition) is 8. The molecule has 1 fully saturated rings. The zero-order valence-corrected chi connectivity index (χ0v) is 43.1. The van der Waals surface area contributed by atoms with Gasteiger partial charge in [0.1, 0.15) is 24.4 Å². The lowest BCUT2D eigenvalue weighted by Crippen LogP contribution is -2.60. The van der Waals surface area contributed by atoms with Crippen LogP contribution in [-0.2, 0) is 14.3 Å². The molecule has 0 aromatic rings. The van der Waals surface area contributed by atoms with Crippen molar-refractivity contribution >= 4 is 5.91 Å². The molecule has 0 radical (unpaired) electrons. The maximum Gasteiger partial charge on any atom is 0.220 e. The van der Waals surface area contributed by atoms with Gasteiger partial charge in [0, 0.05) is 6.42 Å². The van der Waals surface area contributed by atoms with Gasteiger partial charge in [0.25, 0.3) is 0 Å². The number of rotatable bonds is 47. The lowest BCUT2D eigenvalue weighted by atomic mass is 9.99. The van der Waals surface area contributed by atoms with Gasteiger partial charge in [0.15, 0.2) is 6.29 Å². The number of aliphatic hydroxyl groups is 5. The first-order valence-corrected chi connectivity index (χ1v) is 28.0. The Kier molecular flexibility index (Phi) is 44.7. The summed E-state index contributed by atoms with van der Waals surface area (Å²) < 4.78 is 11.2. The van der Waals surface area contributed by atoms with Crippen LogP contribution in [0.15, 0.2) is 60.8 Å². The lowest BCUT2D eigenvalue weighted by Gasteiger charge is -2.40. The van der Waals surface area contributed by atoms with Crippen molar-refractivity contribution < 1.29 is 39.8 Å². The van der Waals surface area contributed by atoms with Gasteiger partial charge in [-0.1, -0.05) is 235 Å². The summed E-state index contributed by atoms with van der Waals surface area (Å²) in [6.07, 6.45) is 57.8. The number of nitrogens with one attached hydrogen (secondary N) is 1. The fourth-order valence-electron chi connectivity index (χ4n) is 8.60. The molecule has 7 unspecified atom stereocenters. The van der Waals surface area contributed by atoms with Gasteiger partial charge in [-0.3, -0.25) is 4.79 Å². The molecule has 0 saturated carbocycles. The van der Waals surface area contributed by atoms with Crippen LogP contribution in [0.3, 0.4) is 0 Å². The molecule has 0 aromatic heterocycles. The van der Waals surface area contributed by atoms with Crippen molar-refractivity contribution in [2.45, 2.75) is 288 Å². The Hall–Kier alpha value is -2.11. The van der Waals surface area contributed by atoms with Crippen LogP contribution in [-0.4, -0.2) is 87.5 Å². The zero-order valence-electron chi connectivity index (χ0n) is 43.1. The molecule has 1 amide bonds. The van der Waals surface area contributed by atoms with Crippen LogP contribution in [0.2, 0.25) is 0 Å². The predicted octanol–water partition coefficient (Wildman–Crippen LogP) is 13.5. The zero-order chi connectivity index (χ0) is 48.7. The highest BCUT2D eigenvalue weighted by Gasteiger charge is 2.44. The number of aliphatic hydroxyl groups excluding tert-OH is 5. The third kappa shape index (κ3) is 37.4. The highest BCUT2D eigenvalue weighted by atomic mass is 16.7. The second kappa shape index (κ2) is 47.6.